The van der Waals surface area contributed by atoms with Crippen LogP contribution in [0.15, 0.2) is 71.1 Å². The third kappa shape index (κ3) is 1.56. The second-order valence-electron chi connectivity index (χ2n) is 4.92. The number of hydrogen-bond donors (Lipinski definition) is 0. The van der Waals surface area contributed by atoms with Crippen LogP contribution in [0, 0.1) is 6.92 Å². The molecule has 1 heteroatoms. The van der Waals surface area contributed by atoms with E-state index in [4.69, 9.17) is 7.16 Å². The van der Waals surface area contributed by atoms with Gasteiger partial charge >= 0.3 is 0 Å². The van der Waals surface area contributed by atoms with Crippen molar-refractivity contribution in [2.75, 3.05) is 0 Å². The van der Waals surface area contributed by atoms with Crippen LogP contribution in [0.5, 0.6) is 0 Å². The Hall–Kier alpha value is -2.54. The third-order valence-electron chi connectivity index (χ3n) is 3.67. The number of para-hydroxylation sites is 1. The molecule has 0 spiro atoms. The molecule has 0 aliphatic carbocycles. The highest BCUT2D eigenvalue weighted by Crippen LogP contribution is 2.36. The average Bonchev–Trinajstić information content (AvgIpc) is 2.90. The van der Waals surface area contributed by atoms with Crippen LogP contribution in [0.25, 0.3) is 33.1 Å². The summed E-state index contributed by atoms with van der Waals surface area (Å²) in [7, 11) is 0. The van der Waals surface area contributed by atoms with E-state index in [9.17, 15) is 0 Å². The van der Waals surface area contributed by atoms with Gasteiger partial charge in [0.05, 0.1) is 2.74 Å². The predicted octanol–water partition coefficient (Wildman–Crippen LogP) is 5.56. The lowest BCUT2D eigenvalue weighted by molar-refractivity contribution is 0.670. The van der Waals surface area contributed by atoms with E-state index in [-0.39, 0.29) is 0 Å². The first-order chi connectivity index (χ1) is 10.6. The molecule has 3 aromatic carbocycles. The molecular weight excluding hydrogens is 244 g/mol. The third-order valence-corrected chi connectivity index (χ3v) is 3.67. The Kier molecular flexibility index (Phi) is 1.99. The van der Waals surface area contributed by atoms with Crippen molar-refractivity contribution in [3.8, 4) is 11.1 Å². The Morgan fingerprint density at radius 3 is 2.65 bits per heavy atom. The zero-order chi connectivity index (χ0) is 15.3. The van der Waals surface area contributed by atoms with Gasteiger partial charge in [0.1, 0.15) is 11.2 Å². The van der Waals surface area contributed by atoms with Crippen LogP contribution >= 0.6 is 0 Å². The largest absolute Gasteiger partial charge is 0.455 e. The quantitative estimate of drug-likeness (QED) is 0.436. The molecule has 0 bridgehead atoms. The van der Waals surface area contributed by atoms with Crippen LogP contribution in [0.1, 0.15) is 8.30 Å². The van der Waals surface area contributed by atoms with E-state index < -0.39 is 0 Å². The van der Waals surface area contributed by atoms with Gasteiger partial charge in [0.2, 0.25) is 0 Å². The highest BCUT2D eigenvalue weighted by Gasteiger charge is 2.12. The standard InChI is InChI=1S/C19H14O/c1-13-7-5-12-17-18(13)16-11-6-10-15(19(16)20-17)14-8-3-2-4-9-14/h2-12H,1H3/i6D,7D. The van der Waals surface area contributed by atoms with Crippen LogP contribution in [0.4, 0.5) is 0 Å². The molecule has 1 aromatic heterocycles. The number of benzene rings is 3. The van der Waals surface area contributed by atoms with Gasteiger partial charge in [0.15, 0.2) is 0 Å². The van der Waals surface area contributed by atoms with Gasteiger partial charge in [-0.05, 0) is 24.1 Å². The Morgan fingerprint density at radius 2 is 1.80 bits per heavy atom. The first kappa shape index (κ1) is 9.38. The van der Waals surface area contributed by atoms with E-state index in [0.29, 0.717) is 12.1 Å². The summed E-state index contributed by atoms with van der Waals surface area (Å²) in [6, 6.07) is 18.1. The first-order valence-corrected chi connectivity index (χ1v) is 6.63. The average molecular weight is 260 g/mol. The van der Waals surface area contributed by atoms with Gasteiger partial charge in [0, 0.05) is 16.3 Å². The van der Waals surface area contributed by atoms with Crippen molar-refractivity contribution in [2.45, 2.75) is 6.92 Å². The van der Waals surface area contributed by atoms with E-state index in [1.807, 2.05) is 55.5 Å². The van der Waals surface area contributed by atoms with E-state index in [2.05, 4.69) is 0 Å². The minimum absolute atomic E-state index is 0.448. The fourth-order valence-corrected chi connectivity index (χ4v) is 2.72. The lowest BCUT2D eigenvalue weighted by Gasteiger charge is -2.02. The highest BCUT2D eigenvalue weighted by atomic mass is 16.3. The van der Waals surface area contributed by atoms with Gasteiger partial charge in [-0.15, -0.1) is 0 Å². The minimum atomic E-state index is 0.448. The van der Waals surface area contributed by atoms with Gasteiger partial charge in [0.25, 0.3) is 0 Å². The molecule has 0 aliphatic heterocycles. The second-order valence-corrected chi connectivity index (χ2v) is 4.92. The van der Waals surface area contributed by atoms with Crippen molar-refractivity contribution in [1.29, 1.82) is 0 Å². The summed E-state index contributed by atoms with van der Waals surface area (Å²) in [6.45, 7) is 1.93. The van der Waals surface area contributed by atoms with E-state index in [1.165, 1.54) is 0 Å². The highest BCUT2D eigenvalue weighted by molar-refractivity contribution is 6.10. The molecule has 0 N–H and O–H groups in total. The number of hydrogen-bond acceptors (Lipinski definition) is 1. The molecule has 0 atom stereocenters. The van der Waals surface area contributed by atoms with Crippen molar-refractivity contribution in [2.24, 2.45) is 0 Å². The number of rotatable bonds is 1. The molecule has 4 rings (SSSR count). The molecule has 0 aliphatic rings. The monoisotopic (exact) mass is 260 g/mol. The maximum absolute atomic E-state index is 8.12. The number of furan rings is 1. The molecule has 20 heavy (non-hydrogen) atoms. The van der Waals surface area contributed by atoms with E-state index >= 15 is 0 Å². The maximum atomic E-state index is 8.12. The van der Waals surface area contributed by atoms with Crippen LogP contribution in [-0.4, -0.2) is 0 Å². The van der Waals surface area contributed by atoms with Gasteiger partial charge in [-0.1, -0.05) is 60.6 Å². The van der Waals surface area contributed by atoms with Crippen molar-refractivity contribution in [1.82, 2.24) is 0 Å². The van der Waals surface area contributed by atoms with Crippen LogP contribution in [-0.2, 0) is 0 Å². The molecule has 1 heterocycles. The summed E-state index contributed by atoms with van der Waals surface area (Å²) in [5, 5.41) is 1.85. The molecule has 0 radical (unpaired) electrons. The maximum Gasteiger partial charge on any atom is 0.143 e. The molecule has 96 valence electrons. The van der Waals surface area contributed by atoms with Crippen molar-refractivity contribution < 1.29 is 7.16 Å². The lowest BCUT2D eigenvalue weighted by Crippen LogP contribution is -1.78. The molecule has 1 nitrogen and oxygen atoms in total. The Morgan fingerprint density at radius 1 is 0.950 bits per heavy atom. The topological polar surface area (TPSA) is 13.1 Å². The van der Waals surface area contributed by atoms with Gasteiger partial charge in [-0.2, -0.15) is 0 Å². The summed E-state index contributed by atoms with van der Waals surface area (Å²) in [5.41, 5.74) is 4.40. The molecule has 0 amide bonds. The van der Waals surface area contributed by atoms with Crippen LogP contribution in [0.2, 0.25) is 0 Å². The summed E-state index contributed by atoms with van der Waals surface area (Å²) >= 11 is 0. The van der Waals surface area contributed by atoms with Gasteiger partial charge in [-0.25, -0.2) is 0 Å². The van der Waals surface area contributed by atoms with E-state index in [1.54, 1.807) is 6.07 Å². The smallest absolute Gasteiger partial charge is 0.143 e. The van der Waals surface area contributed by atoms with E-state index in [0.717, 1.165) is 38.6 Å². The number of fused-ring (bicyclic) bond motifs is 3. The SMILES string of the molecule is [2H]c1cc(-c2ccccc2)c2oc3ccc([2H])c(C)c3c2c1. The Bertz CT molecular complexity index is 1000. The van der Waals surface area contributed by atoms with Crippen molar-refractivity contribution >= 4 is 21.9 Å². The number of aryl methyl sites for hydroxylation is 1. The van der Waals surface area contributed by atoms with Gasteiger partial charge in [-0.3, -0.25) is 0 Å². The fraction of sp³-hybridized carbons (Fsp3) is 0.0526. The second kappa shape index (κ2) is 4.24. The predicted molar refractivity (Wildman–Crippen MR) is 83.9 cm³/mol. The Labute approximate surface area is 120 Å². The summed E-state index contributed by atoms with van der Waals surface area (Å²) in [6.07, 6.45) is 0. The molecule has 0 saturated heterocycles. The molecule has 4 aromatic rings. The molecule has 0 unspecified atom stereocenters. The first-order valence-electron chi connectivity index (χ1n) is 7.63. The summed E-state index contributed by atoms with van der Waals surface area (Å²) < 4.78 is 22.2. The van der Waals surface area contributed by atoms with Crippen LogP contribution in [0.3, 0.4) is 0 Å². The molecule has 0 saturated carbocycles. The normalized spacial score (nSPS) is 12.7. The zero-order valence-electron chi connectivity index (χ0n) is 13.1. The van der Waals surface area contributed by atoms with Crippen molar-refractivity contribution in [3.05, 3.63) is 72.2 Å². The summed E-state index contributed by atoms with van der Waals surface area (Å²) in [5.74, 6) is 0. The minimum Gasteiger partial charge on any atom is -0.455 e. The Balaban J connectivity index is 2.18. The molecular formula is C19H14O. The molecule has 0 fully saturated rings. The van der Waals surface area contributed by atoms with Gasteiger partial charge < -0.3 is 4.42 Å². The lowest BCUT2D eigenvalue weighted by atomic mass is 10.0. The van der Waals surface area contributed by atoms with Crippen molar-refractivity contribution in [3.63, 3.8) is 0 Å². The van der Waals surface area contributed by atoms with Crippen LogP contribution < -0.4 is 0 Å². The zero-order valence-corrected chi connectivity index (χ0v) is 11.1. The summed E-state index contributed by atoms with van der Waals surface area (Å²) in [4.78, 5) is 0. The fourth-order valence-electron chi connectivity index (χ4n) is 2.72.